The number of ether oxygens (including phenoxy) is 1. The molecule has 1 aromatic heterocycles. The highest BCUT2D eigenvalue weighted by Crippen LogP contribution is 2.41. The highest BCUT2D eigenvalue weighted by atomic mass is 16.5. The zero-order valence-corrected chi connectivity index (χ0v) is 14.0. The molecule has 0 atom stereocenters. The molecule has 2 rings (SSSR count). The van der Waals surface area contributed by atoms with Crippen molar-refractivity contribution >= 4 is 5.82 Å². The van der Waals surface area contributed by atoms with Crippen molar-refractivity contribution in [2.75, 3.05) is 18.5 Å². The second-order valence-electron chi connectivity index (χ2n) is 5.88. The van der Waals surface area contributed by atoms with Crippen LogP contribution < -0.4 is 5.32 Å². The van der Waals surface area contributed by atoms with E-state index in [0.29, 0.717) is 0 Å². The third-order valence-electron chi connectivity index (χ3n) is 4.36. The molecule has 1 N–H and O–H groups in total. The predicted octanol–water partition coefficient (Wildman–Crippen LogP) is 3.98. The van der Waals surface area contributed by atoms with E-state index in [1.54, 1.807) is 0 Å². The molecule has 1 aliphatic carbocycles. The molecular weight excluding hydrogens is 262 g/mol. The molecule has 0 aromatic carbocycles. The topological polar surface area (TPSA) is 47.0 Å². The molecule has 0 saturated heterocycles. The molecule has 21 heavy (non-hydrogen) atoms. The van der Waals surface area contributed by atoms with Gasteiger partial charge in [-0.15, -0.1) is 0 Å². The molecule has 0 spiro atoms. The van der Waals surface area contributed by atoms with Crippen LogP contribution >= 0.6 is 0 Å². The van der Waals surface area contributed by atoms with Gasteiger partial charge in [-0.3, -0.25) is 0 Å². The summed E-state index contributed by atoms with van der Waals surface area (Å²) in [4.78, 5) is 9.70. The molecule has 118 valence electrons. The van der Waals surface area contributed by atoms with E-state index < -0.39 is 0 Å². The first kappa shape index (κ1) is 16.2. The smallest absolute Gasteiger partial charge is 0.162 e. The lowest BCUT2D eigenvalue weighted by molar-refractivity contribution is -0.0457. The van der Waals surface area contributed by atoms with Crippen molar-refractivity contribution < 1.29 is 4.74 Å². The van der Waals surface area contributed by atoms with Crippen molar-refractivity contribution in [1.29, 1.82) is 0 Å². The summed E-state index contributed by atoms with van der Waals surface area (Å²) in [6.45, 7) is 10.2. The molecule has 1 aromatic rings. The Morgan fingerprint density at radius 2 is 1.86 bits per heavy atom. The van der Waals surface area contributed by atoms with Crippen LogP contribution in [0.5, 0.6) is 0 Å². The fourth-order valence-corrected chi connectivity index (χ4v) is 3.18. The van der Waals surface area contributed by atoms with Crippen LogP contribution in [0.2, 0.25) is 0 Å². The van der Waals surface area contributed by atoms with Crippen molar-refractivity contribution in [2.45, 2.75) is 71.8 Å². The van der Waals surface area contributed by atoms with Crippen molar-refractivity contribution in [3.63, 3.8) is 0 Å². The Labute approximate surface area is 128 Å². The molecule has 1 aliphatic rings. The minimum Gasteiger partial charge on any atom is -0.370 e. The Morgan fingerprint density at radius 3 is 2.43 bits per heavy atom. The van der Waals surface area contributed by atoms with Crippen LogP contribution in [0.25, 0.3) is 0 Å². The van der Waals surface area contributed by atoms with Gasteiger partial charge in [-0.05, 0) is 52.4 Å². The molecule has 1 fully saturated rings. The van der Waals surface area contributed by atoms with E-state index in [0.717, 1.165) is 56.2 Å². The summed E-state index contributed by atoms with van der Waals surface area (Å²) in [7, 11) is 0. The van der Waals surface area contributed by atoms with Gasteiger partial charge in [0.25, 0.3) is 0 Å². The van der Waals surface area contributed by atoms with E-state index in [1.165, 1.54) is 18.4 Å². The van der Waals surface area contributed by atoms with Crippen LogP contribution in [0.1, 0.15) is 70.0 Å². The number of aryl methyl sites for hydroxylation is 1. The van der Waals surface area contributed by atoms with Crippen molar-refractivity contribution in [2.24, 2.45) is 0 Å². The summed E-state index contributed by atoms with van der Waals surface area (Å²) >= 11 is 0. The zero-order chi connectivity index (χ0) is 15.3. The molecule has 0 bridgehead atoms. The molecule has 0 unspecified atom stereocenters. The van der Waals surface area contributed by atoms with Crippen LogP contribution in [0.3, 0.4) is 0 Å². The molecule has 0 amide bonds. The summed E-state index contributed by atoms with van der Waals surface area (Å²) in [5.74, 6) is 1.88. The molecule has 4 nitrogen and oxygen atoms in total. The maximum Gasteiger partial charge on any atom is 0.162 e. The SMILES string of the molecule is CCCNc1nc(C2(OCC)CCCC2)nc(CC)c1C. The van der Waals surface area contributed by atoms with E-state index in [-0.39, 0.29) is 5.60 Å². The number of aromatic nitrogens is 2. The van der Waals surface area contributed by atoms with Crippen LogP contribution in [0.15, 0.2) is 0 Å². The summed E-state index contributed by atoms with van der Waals surface area (Å²) in [5.41, 5.74) is 2.07. The van der Waals surface area contributed by atoms with Gasteiger partial charge in [-0.25, -0.2) is 9.97 Å². The van der Waals surface area contributed by atoms with Gasteiger partial charge in [0.2, 0.25) is 0 Å². The lowest BCUT2D eigenvalue weighted by atomic mass is 10.00. The minimum absolute atomic E-state index is 0.255. The molecule has 0 radical (unpaired) electrons. The highest BCUT2D eigenvalue weighted by Gasteiger charge is 2.39. The average Bonchev–Trinajstić information content (AvgIpc) is 2.96. The van der Waals surface area contributed by atoms with Gasteiger partial charge in [-0.1, -0.05) is 13.8 Å². The Bertz CT molecular complexity index is 467. The first-order chi connectivity index (χ1) is 10.2. The second kappa shape index (κ2) is 7.21. The first-order valence-electron chi connectivity index (χ1n) is 8.42. The number of hydrogen-bond acceptors (Lipinski definition) is 4. The fraction of sp³-hybridized carbons (Fsp3) is 0.765. The van der Waals surface area contributed by atoms with Crippen LogP contribution in [0, 0.1) is 6.92 Å². The van der Waals surface area contributed by atoms with Crippen molar-refractivity contribution in [3.05, 3.63) is 17.1 Å². The lowest BCUT2D eigenvalue weighted by Gasteiger charge is -2.28. The Kier molecular flexibility index (Phi) is 5.57. The number of rotatable bonds is 7. The van der Waals surface area contributed by atoms with Crippen molar-refractivity contribution in [1.82, 2.24) is 9.97 Å². The van der Waals surface area contributed by atoms with E-state index in [4.69, 9.17) is 14.7 Å². The van der Waals surface area contributed by atoms with Gasteiger partial charge in [0, 0.05) is 24.4 Å². The largest absolute Gasteiger partial charge is 0.370 e. The third kappa shape index (κ3) is 3.37. The molecule has 1 heterocycles. The van der Waals surface area contributed by atoms with E-state index in [1.807, 2.05) is 0 Å². The standard InChI is InChI=1S/C17H29N3O/c1-5-12-18-15-13(4)14(6-2)19-16(20-15)17(21-7-3)10-8-9-11-17/h5-12H2,1-4H3,(H,18,19,20). The Balaban J connectivity index is 2.41. The number of nitrogens with one attached hydrogen (secondary N) is 1. The lowest BCUT2D eigenvalue weighted by Crippen LogP contribution is -2.30. The summed E-state index contributed by atoms with van der Waals surface area (Å²) < 4.78 is 6.12. The summed E-state index contributed by atoms with van der Waals surface area (Å²) in [5, 5.41) is 3.45. The number of nitrogens with zero attached hydrogens (tertiary/aromatic N) is 2. The quantitative estimate of drug-likeness (QED) is 0.825. The Morgan fingerprint density at radius 1 is 1.14 bits per heavy atom. The fourth-order valence-electron chi connectivity index (χ4n) is 3.18. The van der Waals surface area contributed by atoms with E-state index in [2.05, 4.69) is 33.0 Å². The monoisotopic (exact) mass is 291 g/mol. The van der Waals surface area contributed by atoms with E-state index in [9.17, 15) is 0 Å². The van der Waals surface area contributed by atoms with E-state index >= 15 is 0 Å². The molecular formula is C17H29N3O. The number of anilines is 1. The van der Waals surface area contributed by atoms with Gasteiger partial charge < -0.3 is 10.1 Å². The van der Waals surface area contributed by atoms with Gasteiger partial charge in [-0.2, -0.15) is 0 Å². The summed E-state index contributed by atoms with van der Waals surface area (Å²) in [6.07, 6.45) is 6.52. The zero-order valence-electron chi connectivity index (χ0n) is 14.0. The Hall–Kier alpha value is -1.16. The number of hydrogen-bond donors (Lipinski definition) is 1. The van der Waals surface area contributed by atoms with Crippen LogP contribution in [-0.2, 0) is 16.8 Å². The maximum atomic E-state index is 6.12. The minimum atomic E-state index is -0.255. The highest BCUT2D eigenvalue weighted by molar-refractivity contribution is 5.46. The van der Waals surface area contributed by atoms with Crippen molar-refractivity contribution in [3.8, 4) is 0 Å². The summed E-state index contributed by atoms with van der Waals surface area (Å²) in [6, 6.07) is 0. The van der Waals surface area contributed by atoms with Gasteiger partial charge in [0.05, 0.1) is 0 Å². The molecule has 0 aliphatic heterocycles. The molecule has 4 heteroatoms. The average molecular weight is 291 g/mol. The van der Waals surface area contributed by atoms with Gasteiger partial charge in [0.1, 0.15) is 11.4 Å². The third-order valence-corrected chi connectivity index (χ3v) is 4.36. The van der Waals surface area contributed by atoms with Gasteiger partial charge >= 0.3 is 0 Å². The normalized spacial score (nSPS) is 17.1. The first-order valence-corrected chi connectivity index (χ1v) is 8.42. The van der Waals surface area contributed by atoms with Crippen LogP contribution in [0.4, 0.5) is 5.82 Å². The second-order valence-corrected chi connectivity index (χ2v) is 5.88. The maximum absolute atomic E-state index is 6.12. The molecule has 1 saturated carbocycles. The van der Waals surface area contributed by atoms with Crippen LogP contribution in [-0.4, -0.2) is 23.1 Å². The predicted molar refractivity (Wildman–Crippen MR) is 86.7 cm³/mol. The van der Waals surface area contributed by atoms with Gasteiger partial charge in [0.15, 0.2) is 5.82 Å².